The van der Waals surface area contributed by atoms with Crippen molar-refractivity contribution >= 4 is 0 Å². The zero-order valence-corrected chi connectivity index (χ0v) is 11.4. The summed E-state index contributed by atoms with van der Waals surface area (Å²) < 4.78 is 26.0. The first-order valence-corrected chi connectivity index (χ1v) is 6.60. The summed E-state index contributed by atoms with van der Waals surface area (Å²) in [5, 5.41) is 9.30. The van der Waals surface area contributed by atoms with Crippen LogP contribution in [0, 0.1) is 23.0 Å². The van der Waals surface area contributed by atoms with E-state index in [1.54, 1.807) is 36.4 Å². The summed E-state index contributed by atoms with van der Waals surface area (Å²) in [6.45, 7) is 0. The number of nitrogens with zero attached hydrogens (tertiary/aromatic N) is 2. The molecule has 0 unspecified atom stereocenters. The Morgan fingerprint density at radius 3 is 1.82 bits per heavy atom. The smallest absolute Gasteiger partial charge is 0.148 e. The van der Waals surface area contributed by atoms with E-state index in [1.165, 1.54) is 24.3 Å². The monoisotopic (exact) mass is 292 g/mol. The third-order valence-corrected chi connectivity index (χ3v) is 3.30. The van der Waals surface area contributed by atoms with Gasteiger partial charge in [0.15, 0.2) is 0 Å². The second-order valence-corrected chi connectivity index (χ2v) is 4.72. The van der Waals surface area contributed by atoms with Gasteiger partial charge in [-0.05, 0) is 54.1 Å². The van der Waals surface area contributed by atoms with Crippen molar-refractivity contribution < 1.29 is 8.78 Å². The number of hydrogen-bond donors (Lipinski definition) is 0. The Bertz CT molecular complexity index is 848. The Hall–Kier alpha value is -3.06. The van der Waals surface area contributed by atoms with Gasteiger partial charge < -0.3 is 0 Å². The molecule has 0 radical (unpaired) electrons. The van der Waals surface area contributed by atoms with Crippen LogP contribution in [0.4, 0.5) is 8.78 Å². The minimum Gasteiger partial charge on any atom is -0.236 e. The fourth-order valence-corrected chi connectivity index (χ4v) is 2.19. The van der Waals surface area contributed by atoms with Crippen molar-refractivity contribution in [3.05, 3.63) is 78.0 Å². The van der Waals surface area contributed by atoms with Crippen LogP contribution in [-0.2, 0) is 0 Å². The Labute approximate surface area is 126 Å². The van der Waals surface area contributed by atoms with Crippen LogP contribution in [0.5, 0.6) is 0 Å². The van der Waals surface area contributed by atoms with Gasteiger partial charge in [-0.1, -0.05) is 12.1 Å². The molecule has 3 aromatic rings. The van der Waals surface area contributed by atoms with Crippen LogP contribution in [0.25, 0.3) is 22.4 Å². The molecule has 3 rings (SSSR count). The minimum atomic E-state index is -0.335. The number of aromatic nitrogens is 1. The maximum Gasteiger partial charge on any atom is 0.148 e. The van der Waals surface area contributed by atoms with Gasteiger partial charge in [-0.15, -0.1) is 0 Å². The molecule has 0 aliphatic heterocycles. The van der Waals surface area contributed by atoms with E-state index in [0.717, 1.165) is 11.1 Å². The van der Waals surface area contributed by atoms with Gasteiger partial charge in [-0.3, -0.25) is 0 Å². The topological polar surface area (TPSA) is 36.7 Å². The van der Waals surface area contributed by atoms with E-state index in [2.05, 4.69) is 11.1 Å². The normalized spacial score (nSPS) is 10.2. The molecule has 2 aromatic carbocycles. The largest absolute Gasteiger partial charge is 0.236 e. The molecule has 0 saturated heterocycles. The number of nitriles is 1. The summed E-state index contributed by atoms with van der Waals surface area (Å²) in [6.07, 6.45) is 0. The Balaban J connectivity index is 2.06. The molecule has 4 heteroatoms. The molecular weight excluding hydrogens is 282 g/mol. The number of halogens is 2. The first-order chi connectivity index (χ1) is 10.7. The van der Waals surface area contributed by atoms with Gasteiger partial charge in [0.05, 0.1) is 5.69 Å². The molecule has 0 amide bonds. The van der Waals surface area contributed by atoms with E-state index in [4.69, 9.17) is 0 Å². The summed E-state index contributed by atoms with van der Waals surface area (Å²) in [4.78, 5) is 4.31. The van der Waals surface area contributed by atoms with Crippen molar-refractivity contribution in [3.63, 3.8) is 0 Å². The van der Waals surface area contributed by atoms with Crippen LogP contribution in [0.3, 0.4) is 0 Å². The summed E-state index contributed by atoms with van der Waals surface area (Å²) in [5.41, 5.74) is 2.91. The number of rotatable bonds is 2. The molecule has 106 valence electrons. The molecule has 0 N–H and O–H groups in total. The van der Waals surface area contributed by atoms with Crippen LogP contribution >= 0.6 is 0 Å². The molecule has 0 spiro atoms. The summed E-state index contributed by atoms with van der Waals surface area (Å²) in [5.74, 6) is -0.662. The zero-order valence-electron chi connectivity index (χ0n) is 11.4. The predicted octanol–water partition coefficient (Wildman–Crippen LogP) is 4.57. The molecule has 0 aliphatic rings. The Kier molecular flexibility index (Phi) is 3.63. The van der Waals surface area contributed by atoms with Crippen LogP contribution in [0.15, 0.2) is 60.7 Å². The lowest BCUT2D eigenvalue weighted by Crippen LogP contribution is -1.92. The molecule has 0 aliphatic carbocycles. The van der Waals surface area contributed by atoms with Crippen molar-refractivity contribution in [1.82, 2.24) is 4.98 Å². The van der Waals surface area contributed by atoms with Crippen LogP contribution in [0.1, 0.15) is 5.69 Å². The van der Waals surface area contributed by atoms with Crippen molar-refractivity contribution in [2.45, 2.75) is 0 Å². The second-order valence-electron chi connectivity index (χ2n) is 4.72. The Morgan fingerprint density at radius 2 is 1.27 bits per heavy atom. The van der Waals surface area contributed by atoms with E-state index < -0.39 is 0 Å². The molecule has 0 fully saturated rings. The lowest BCUT2D eigenvalue weighted by molar-refractivity contribution is 0.627. The van der Waals surface area contributed by atoms with Gasteiger partial charge >= 0.3 is 0 Å². The third-order valence-electron chi connectivity index (χ3n) is 3.30. The van der Waals surface area contributed by atoms with Crippen molar-refractivity contribution in [3.8, 4) is 28.5 Å². The maximum atomic E-state index is 13.0. The van der Waals surface area contributed by atoms with Crippen LogP contribution in [-0.4, -0.2) is 4.98 Å². The molecule has 0 atom stereocenters. The summed E-state index contributed by atoms with van der Waals surface area (Å²) in [7, 11) is 0. The maximum absolute atomic E-state index is 13.0. The van der Waals surface area contributed by atoms with Gasteiger partial charge in [-0.25, -0.2) is 13.8 Å². The van der Waals surface area contributed by atoms with Crippen LogP contribution < -0.4 is 0 Å². The lowest BCUT2D eigenvalue weighted by Gasteiger charge is -2.07. The van der Waals surface area contributed by atoms with E-state index >= 15 is 0 Å². The highest BCUT2D eigenvalue weighted by Crippen LogP contribution is 2.26. The Morgan fingerprint density at radius 1 is 0.727 bits per heavy atom. The highest BCUT2D eigenvalue weighted by molar-refractivity contribution is 5.72. The number of hydrogen-bond acceptors (Lipinski definition) is 2. The lowest BCUT2D eigenvalue weighted by atomic mass is 10.0. The SMILES string of the molecule is N#Cc1nc(-c2ccc(F)cc2)ccc1-c1ccc(F)cc1. The molecule has 1 heterocycles. The predicted molar refractivity (Wildman–Crippen MR) is 79.7 cm³/mol. The first-order valence-electron chi connectivity index (χ1n) is 6.60. The average Bonchev–Trinajstić information content (AvgIpc) is 2.56. The fourth-order valence-electron chi connectivity index (χ4n) is 2.19. The van der Waals surface area contributed by atoms with Gasteiger partial charge in [0, 0.05) is 11.1 Å². The third kappa shape index (κ3) is 2.70. The van der Waals surface area contributed by atoms with E-state index in [1.807, 2.05) is 0 Å². The van der Waals surface area contributed by atoms with Gasteiger partial charge in [0.2, 0.25) is 0 Å². The first kappa shape index (κ1) is 13.9. The molecular formula is C18H10F2N2. The second kappa shape index (κ2) is 5.74. The molecule has 22 heavy (non-hydrogen) atoms. The van der Waals surface area contributed by atoms with E-state index in [9.17, 15) is 14.0 Å². The van der Waals surface area contributed by atoms with Gasteiger partial charge in [0.1, 0.15) is 23.4 Å². The standard InChI is InChI=1S/C18H10F2N2/c19-14-5-1-12(2-6-14)16-9-10-17(22-18(16)11-21)13-3-7-15(20)8-4-13/h1-10H. The number of pyridine rings is 1. The number of benzene rings is 2. The summed E-state index contributed by atoms with van der Waals surface area (Å²) in [6, 6.07) is 17.4. The summed E-state index contributed by atoms with van der Waals surface area (Å²) >= 11 is 0. The molecule has 2 nitrogen and oxygen atoms in total. The van der Waals surface area contributed by atoms with Gasteiger partial charge in [-0.2, -0.15) is 5.26 Å². The molecule has 0 saturated carbocycles. The molecule has 1 aromatic heterocycles. The van der Waals surface area contributed by atoms with E-state index in [0.29, 0.717) is 11.3 Å². The van der Waals surface area contributed by atoms with Crippen molar-refractivity contribution in [1.29, 1.82) is 5.26 Å². The molecule has 0 bridgehead atoms. The van der Waals surface area contributed by atoms with Crippen LogP contribution in [0.2, 0.25) is 0 Å². The van der Waals surface area contributed by atoms with Gasteiger partial charge in [0.25, 0.3) is 0 Å². The van der Waals surface area contributed by atoms with E-state index in [-0.39, 0.29) is 17.3 Å². The zero-order chi connectivity index (χ0) is 15.5. The highest BCUT2D eigenvalue weighted by Gasteiger charge is 2.09. The van der Waals surface area contributed by atoms with Crippen molar-refractivity contribution in [2.24, 2.45) is 0 Å². The van der Waals surface area contributed by atoms with Crippen molar-refractivity contribution in [2.75, 3.05) is 0 Å². The average molecular weight is 292 g/mol. The quantitative estimate of drug-likeness (QED) is 0.694. The fraction of sp³-hybridized carbons (Fsp3) is 0. The minimum absolute atomic E-state index is 0.244. The highest BCUT2D eigenvalue weighted by atomic mass is 19.1.